The molecule has 2 aliphatic carbocycles. The van der Waals surface area contributed by atoms with E-state index in [9.17, 15) is 0 Å². The van der Waals surface area contributed by atoms with Gasteiger partial charge in [0.25, 0.3) is 0 Å². The second-order valence-corrected chi connectivity index (χ2v) is 7.67. The van der Waals surface area contributed by atoms with Crippen molar-refractivity contribution < 1.29 is 0 Å². The van der Waals surface area contributed by atoms with Crippen molar-refractivity contribution in [1.82, 2.24) is 0 Å². The van der Waals surface area contributed by atoms with Gasteiger partial charge < -0.3 is 0 Å². The monoisotopic (exact) mass is 284 g/mol. The van der Waals surface area contributed by atoms with E-state index in [0.717, 1.165) is 11.8 Å². The van der Waals surface area contributed by atoms with E-state index in [-0.39, 0.29) is 0 Å². The quantitative estimate of drug-likeness (QED) is 0.566. The van der Waals surface area contributed by atoms with Crippen LogP contribution in [0.5, 0.6) is 0 Å². The van der Waals surface area contributed by atoms with E-state index >= 15 is 0 Å². The lowest BCUT2D eigenvalue weighted by Crippen LogP contribution is -2.15. The van der Waals surface area contributed by atoms with Crippen molar-refractivity contribution in [2.24, 2.45) is 0 Å². The Bertz CT molecular complexity index is 445. The first kappa shape index (κ1) is 15.1. The maximum atomic E-state index is 2.48. The van der Waals surface area contributed by atoms with Gasteiger partial charge >= 0.3 is 0 Å². The Morgan fingerprint density at radius 3 is 1.90 bits per heavy atom. The number of hydrogen-bond acceptors (Lipinski definition) is 0. The van der Waals surface area contributed by atoms with Crippen LogP contribution < -0.4 is 0 Å². The van der Waals surface area contributed by atoms with Gasteiger partial charge in [0.15, 0.2) is 0 Å². The highest BCUT2D eigenvalue weighted by Gasteiger charge is 2.26. The third-order valence-electron chi connectivity index (χ3n) is 5.85. The van der Waals surface area contributed by atoms with Crippen LogP contribution in [0.25, 0.3) is 0 Å². The first-order chi connectivity index (χ1) is 10.3. The molecular weight excluding hydrogens is 252 g/mol. The third kappa shape index (κ3) is 3.35. The van der Waals surface area contributed by atoms with Gasteiger partial charge in [-0.05, 0) is 60.1 Å². The Balaban J connectivity index is 1.98. The van der Waals surface area contributed by atoms with E-state index in [2.05, 4.69) is 32.0 Å². The smallest absolute Gasteiger partial charge is 0.0156 e. The van der Waals surface area contributed by atoms with Crippen molar-refractivity contribution >= 4 is 0 Å². The molecule has 2 saturated carbocycles. The molecule has 2 aliphatic rings. The molecule has 3 rings (SSSR count). The molecule has 0 nitrogen and oxygen atoms in total. The molecule has 0 spiro atoms. The zero-order valence-corrected chi connectivity index (χ0v) is 14.0. The van der Waals surface area contributed by atoms with Crippen LogP contribution in [-0.4, -0.2) is 0 Å². The fourth-order valence-corrected chi connectivity index (χ4v) is 4.74. The lowest BCUT2D eigenvalue weighted by molar-refractivity contribution is 0.416. The molecule has 0 radical (unpaired) electrons. The molecule has 1 aromatic rings. The van der Waals surface area contributed by atoms with Crippen LogP contribution in [0.15, 0.2) is 18.2 Å². The maximum absolute atomic E-state index is 2.48. The second kappa shape index (κ2) is 6.99. The summed E-state index contributed by atoms with van der Waals surface area (Å²) in [4.78, 5) is 0. The first-order valence-corrected chi connectivity index (χ1v) is 9.40. The van der Waals surface area contributed by atoms with Crippen molar-refractivity contribution in [2.45, 2.75) is 95.8 Å². The standard InChI is InChI=1S/C21H32/c1-16(2)19-14-9-15-20(17-10-5-3-6-11-17)21(19)18-12-7-4-8-13-18/h9,14-18H,3-8,10-13H2,1-2H3. The molecule has 0 bridgehead atoms. The summed E-state index contributed by atoms with van der Waals surface area (Å²) in [6.07, 6.45) is 14.4. The lowest BCUT2D eigenvalue weighted by atomic mass is 9.73. The fraction of sp³-hybridized carbons (Fsp3) is 0.714. The Hall–Kier alpha value is -0.780. The van der Waals surface area contributed by atoms with Gasteiger partial charge in [-0.15, -0.1) is 0 Å². The molecule has 0 aromatic heterocycles. The Kier molecular flexibility index (Phi) is 5.03. The van der Waals surface area contributed by atoms with E-state index < -0.39 is 0 Å². The Labute approximate surface area is 131 Å². The molecule has 0 N–H and O–H groups in total. The summed E-state index contributed by atoms with van der Waals surface area (Å²) in [5.74, 6) is 2.38. The number of hydrogen-bond donors (Lipinski definition) is 0. The minimum Gasteiger partial charge on any atom is -0.0617 e. The minimum atomic E-state index is 0.672. The molecule has 0 saturated heterocycles. The van der Waals surface area contributed by atoms with E-state index in [1.54, 1.807) is 16.7 Å². The normalized spacial score (nSPS) is 21.9. The van der Waals surface area contributed by atoms with Crippen molar-refractivity contribution in [1.29, 1.82) is 0 Å². The van der Waals surface area contributed by atoms with Gasteiger partial charge in [0.1, 0.15) is 0 Å². The van der Waals surface area contributed by atoms with Crippen LogP contribution >= 0.6 is 0 Å². The van der Waals surface area contributed by atoms with E-state index in [1.165, 1.54) is 64.2 Å². The van der Waals surface area contributed by atoms with E-state index in [4.69, 9.17) is 0 Å². The summed E-state index contributed by atoms with van der Waals surface area (Å²) < 4.78 is 0. The highest BCUT2D eigenvalue weighted by Crippen LogP contribution is 2.43. The van der Waals surface area contributed by atoms with Gasteiger partial charge in [-0.3, -0.25) is 0 Å². The number of rotatable bonds is 3. The summed E-state index contributed by atoms with van der Waals surface area (Å²) >= 11 is 0. The molecule has 0 heterocycles. The highest BCUT2D eigenvalue weighted by atomic mass is 14.3. The fourth-order valence-electron chi connectivity index (χ4n) is 4.74. The molecule has 1 aromatic carbocycles. The summed E-state index contributed by atoms with van der Waals surface area (Å²) in [5, 5.41) is 0. The summed E-state index contributed by atoms with van der Waals surface area (Å²) in [6.45, 7) is 4.76. The van der Waals surface area contributed by atoms with Crippen LogP contribution in [0.1, 0.15) is 112 Å². The molecule has 0 heteroatoms. The Morgan fingerprint density at radius 2 is 1.33 bits per heavy atom. The zero-order chi connectivity index (χ0) is 14.7. The van der Waals surface area contributed by atoms with Crippen molar-refractivity contribution in [3.05, 3.63) is 34.9 Å². The summed E-state index contributed by atoms with van der Waals surface area (Å²) in [5.41, 5.74) is 5.19. The van der Waals surface area contributed by atoms with Gasteiger partial charge in [-0.25, -0.2) is 0 Å². The number of benzene rings is 1. The average molecular weight is 284 g/mol. The van der Waals surface area contributed by atoms with Crippen LogP contribution in [-0.2, 0) is 0 Å². The largest absolute Gasteiger partial charge is 0.0617 e. The highest BCUT2D eigenvalue weighted by molar-refractivity contribution is 5.42. The average Bonchev–Trinajstić information content (AvgIpc) is 2.55. The van der Waals surface area contributed by atoms with Crippen molar-refractivity contribution in [3.8, 4) is 0 Å². The first-order valence-electron chi connectivity index (χ1n) is 9.40. The van der Waals surface area contributed by atoms with Gasteiger partial charge in [0.05, 0.1) is 0 Å². The van der Waals surface area contributed by atoms with Gasteiger partial charge in [0.2, 0.25) is 0 Å². The molecule has 21 heavy (non-hydrogen) atoms. The topological polar surface area (TPSA) is 0 Å². The molecule has 116 valence electrons. The predicted octanol–water partition coefficient (Wildman–Crippen LogP) is 6.91. The molecule has 0 unspecified atom stereocenters. The third-order valence-corrected chi connectivity index (χ3v) is 5.85. The lowest BCUT2D eigenvalue weighted by Gasteiger charge is -2.32. The van der Waals surface area contributed by atoms with E-state index in [0.29, 0.717) is 5.92 Å². The molecule has 0 aliphatic heterocycles. The van der Waals surface area contributed by atoms with Gasteiger partial charge in [-0.2, -0.15) is 0 Å². The molecule has 0 atom stereocenters. The van der Waals surface area contributed by atoms with Gasteiger partial charge in [0, 0.05) is 0 Å². The van der Waals surface area contributed by atoms with Crippen LogP contribution in [0, 0.1) is 0 Å². The second-order valence-electron chi connectivity index (χ2n) is 7.67. The predicted molar refractivity (Wildman–Crippen MR) is 92.2 cm³/mol. The Morgan fingerprint density at radius 1 is 0.762 bits per heavy atom. The van der Waals surface area contributed by atoms with Crippen LogP contribution in [0.2, 0.25) is 0 Å². The molecule has 2 fully saturated rings. The van der Waals surface area contributed by atoms with Crippen molar-refractivity contribution in [2.75, 3.05) is 0 Å². The SMILES string of the molecule is CC(C)c1cccc(C2CCCCC2)c1C1CCCCC1. The molecule has 0 amide bonds. The van der Waals surface area contributed by atoms with Gasteiger partial charge in [-0.1, -0.05) is 70.6 Å². The van der Waals surface area contributed by atoms with Crippen LogP contribution in [0.4, 0.5) is 0 Å². The summed E-state index contributed by atoms with van der Waals surface area (Å²) in [6, 6.07) is 7.23. The van der Waals surface area contributed by atoms with E-state index in [1.807, 2.05) is 0 Å². The summed E-state index contributed by atoms with van der Waals surface area (Å²) in [7, 11) is 0. The van der Waals surface area contributed by atoms with Crippen molar-refractivity contribution in [3.63, 3.8) is 0 Å². The van der Waals surface area contributed by atoms with Crippen LogP contribution in [0.3, 0.4) is 0 Å². The minimum absolute atomic E-state index is 0.672. The maximum Gasteiger partial charge on any atom is -0.0156 e. The molecular formula is C21H32. The zero-order valence-electron chi connectivity index (χ0n) is 14.0.